The minimum Gasteiger partial charge on any atom is -0.503 e. The largest absolute Gasteiger partial charge is 0.503 e. The number of Topliss-reactive ketones (excluding diaryl/α,β-unsaturated/α-hetero) is 1. The zero-order chi connectivity index (χ0) is 24.0. The highest BCUT2D eigenvalue weighted by molar-refractivity contribution is 6.31. The maximum Gasteiger partial charge on any atom is 0.290 e. The monoisotopic (exact) mass is 483 g/mol. The number of fused-ring (bicyclic) bond motifs is 2. The summed E-state index contributed by atoms with van der Waals surface area (Å²) in [6, 6.07) is 9.19. The molecule has 1 atom stereocenters. The molecule has 0 saturated carbocycles. The summed E-state index contributed by atoms with van der Waals surface area (Å²) >= 11 is 6.15. The molecule has 176 valence electrons. The molecule has 0 spiro atoms. The quantitative estimate of drug-likeness (QED) is 0.500. The number of hydrogen-bond donors (Lipinski definition) is 1. The van der Waals surface area contributed by atoms with Gasteiger partial charge in [0.15, 0.2) is 34.4 Å². The Morgan fingerprint density at radius 2 is 1.94 bits per heavy atom. The molecule has 34 heavy (non-hydrogen) atoms. The number of furan rings is 1. The molecule has 0 radical (unpaired) electrons. The highest BCUT2D eigenvalue weighted by atomic mass is 35.5. The van der Waals surface area contributed by atoms with Gasteiger partial charge >= 0.3 is 0 Å². The predicted octanol–water partition coefficient (Wildman–Crippen LogP) is 4.85. The first-order chi connectivity index (χ1) is 16.4. The van der Waals surface area contributed by atoms with Gasteiger partial charge in [-0.15, -0.1) is 0 Å². The molecule has 8 nitrogen and oxygen atoms in total. The second-order valence-electron chi connectivity index (χ2n) is 8.03. The maximum atomic E-state index is 13.7. The minimum atomic E-state index is -0.811. The number of aliphatic hydroxyl groups is 1. The van der Waals surface area contributed by atoms with Crippen molar-refractivity contribution in [3.05, 3.63) is 64.1 Å². The molecule has 2 aliphatic rings. The lowest BCUT2D eigenvalue weighted by Gasteiger charge is -2.27. The fourth-order valence-corrected chi connectivity index (χ4v) is 4.63. The van der Waals surface area contributed by atoms with Crippen LogP contribution in [0.25, 0.3) is 11.0 Å². The molecule has 0 saturated heterocycles. The summed E-state index contributed by atoms with van der Waals surface area (Å²) in [5.74, 6) is -0.356. The smallest absolute Gasteiger partial charge is 0.290 e. The zero-order valence-corrected chi connectivity index (χ0v) is 19.3. The summed E-state index contributed by atoms with van der Waals surface area (Å²) in [7, 11) is 1.47. The van der Waals surface area contributed by atoms with Crippen LogP contribution in [0.2, 0.25) is 5.02 Å². The van der Waals surface area contributed by atoms with Crippen molar-refractivity contribution < 1.29 is 33.3 Å². The number of methoxy groups -OCH3 is 1. The fourth-order valence-electron chi connectivity index (χ4n) is 4.42. The van der Waals surface area contributed by atoms with E-state index in [9.17, 15) is 14.7 Å². The lowest BCUT2D eigenvalue weighted by Crippen LogP contribution is -2.32. The highest BCUT2D eigenvalue weighted by Gasteiger charge is 2.44. The topological polar surface area (TPSA) is 98.4 Å². The molecule has 1 unspecified atom stereocenters. The second kappa shape index (κ2) is 8.61. The zero-order valence-electron chi connectivity index (χ0n) is 18.6. The van der Waals surface area contributed by atoms with Gasteiger partial charge in [-0.2, -0.15) is 0 Å². The van der Waals surface area contributed by atoms with Crippen molar-refractivity contribution in [2.24, 2.45) is 0 Å². The number of aliphatic hydroxyl groups excluding tert-OH is 1. The van der Waals surface area contributed by atoms with Gasteiger partial charge in [0.25, 0.3) is 5.91 Å². The number of carbonyl (C=O) groups is 2. The molecular weight excluding hydrogens is 462 g/mol. The average molecular weight is 484 g/mol. The van der Waals surface area contributed by atoms with Gasteiger partial charge in [-0.05, 0) is 36.2 Å². The van der Waals surface area contributed by atoms with E-state index in [-0.39, 0.29) is 11.3 Å². The standard InChI is InChI=1S/C25H22ClNO7/c1-3-6-27-21(13-4-5-16-17(10-13)33-8-7-32-16)20(23(29)25(27)30)22(28)18-11-14-9-15(26)12-19(31-2)24(14)34-18/h4-5,9-12,21,29H,3,6-8H2,1-2H3. The number of benzene rings is 2. The number of amides is 1. The molecule has 0 aliphatic carbocycles. The van der Waals surface area contributed by atoms with E-state index in [1.807, 2.05) is 6.92 Å². The number of hydrogen-bond acceptors (Lipinski definition) is 7. The van der Waals surface area contributed by atoms with Crippen molar-refractivity contribution in [1.82, 2.24) is 4.90 Å². The van der Waals surface area contributed by atoms with Crippen LogP contribution in [-0.2, 0) is 4.79 Å². The summed E-state index contributed by atoms with van der Waals surface area (Å²) in [6.45, 7) is 3.11. The van der Waals surface area contributed by atoms with Gasteiger partial charge in [0.2, 0.25) is 5.78 Å². The number of ketones is 1. The first-order valence-corrected chi connectivity index (χ1v) is 11.3. The molecule has 9 heteroatoms. The molecule has 2 aromatic carbocycles. The molecule has 0 fully saturated rings. The Balaban J connectivity index is 1.61. The van der Waals surface area contributed by atoms with Gasteiger partial charge in [-0.1, -0.05) is 24.6 Å². The van der Waals surface area contributed by atoms with Crippen molar-refractivity contribution in [2.75, 3.05) is 26.9 Å². The third kappa shape index (κ3) is 3.54. The normalized spacial score (nSPS) is 17.6. The predicted molar refractivity (Wildman–Crippen MR) is 124 cm³/mol. The van der Waals surface area contributed by atoms with Crippen molar-refractivity contribution >= 4 is 34.3 Å². The van der Waals surface area contributed by atoms with Gasteiger partial charge in [0.05, 0.1) is 18.7 Å². The van der Waals surface area contributed by atoms with Crippen LogP contribution < -0.4 is 14.2 Å². The molecule has 3 aromatic rings. The third-order valence-corrected chi connectivity index (χ3v) is 6.10. The number of halogens is 1. The molecule has 5 rings (SSSR count). The van der Waals surface area contributed by atoms with E-state index in [1.54, 1.807) is 30.3 Å². The van der Waals surface area contributed by atoms with E-state index in [0.29, 0.717) is 65.0 Å². The Kier molecular flexibility index (Phi) is 5.61. The van der Waals surface area contributed by atoms with E-state index in [4.69, 9.17) is 30.2 Å². The lowest BCUT2D eigenvalue weighted by molar-refractivity contribution is -0.129. The first kappa shape index (κ1) is 22.2. The van der Waals surface area contributed by atoms with Crippen LogP contribution >= 0.6 is 11.6 Å². The van der Waals surface area contributed by atoms with Gasteiger partial charge in [-0.25, -0.2) is 0 Å². The number of nitrogens with zero attached hydrogens (tertiary/aromatic N) is 1. The van der Waals surface area contributed by atoms with Gasteiger partial charge in [0, 0.05) is 23.0 Å². The van der Waals surface area contributed by atoms with Gasteiger partial charge in [-0.3, -0.25) is 9.59 Å². The number of rotatable bonds is 6. The summed E-state index contributed by atoms with van der Waals surface area (Å²) in [4.78, 5) is 28.1. The van der Waals surface area contributed by atoms with Crippen LogP contribution in [0, 0.1) is 0 Å². The van der Waals surface area contributed by atoms with Crippen LogP contribution in [0.4, 0.5) is 0 Å². The fraction of sp³-hybridized carbons (Fsp3) is 0.280. The van der Waals surface area contributed by atoms with Gasteiger partial charge < -0.3 is 28.6 Å². The summed E-state index contributed by atoms with van der Waals surface area (Å²) < 4.78 is 22.4. The SMILES string of the molecule is CCCN1C(=O)C(O)=C(C(=O)c2cc3cc(Cl)cc(OC)c3o2)C1c1ccc2c(c1)OCCO2. The molecule has 0 bridgehead atoms. The molecular formula is C25H22ClNO7. The number of ether oxygens (including phenoxy) is 3. The summed E-state index contributed by atoms with van der Waals surface area (Å²) in [5.41, 5.74) is 0.912. The van der Waals surface area contributed by atoms with E-state index in [2.05, 4.69) is 0 Å². The lowest BCUT2D eigenvalue weighted by atomic mass is 9.94. The average Bonchev–Trinajstić information content (AvgIpc) is 3.37. The molecule has 2 aliphatic heterocycles. The van der Waals surface area contributed by atoms with Crippen molar-refractivity contribution in [2.45, 2.75) is 19.4 Å². The Morgan fingerprint density at radius 1 is 1.18 bits per heavy atom. The Labute approximate surface area is 200 Å². The maximum absolute atomic E-state index is 13.7. The van der Waals surface area contributed by atoms with Crippen LogP contribution in [0.15, 0.2) is 52.1 Å². The Bertz CT molecular complexity index is 1340. The minimum absolute atomic E-state index is 0.0363. The van der Waals surface area contributed by atoms with E-state index < -0.39 is 23.5 Å². The Morgan fingerprint density at radius 3 is 2.68 bits per heavy atom. The van der Waals surface area contributed by atoms with Crippen molar-refractivity contribution in [3.63, 3.8) is 0 Å². The summed E-state index contributed by atoms with van der Waals surface area (Å²) in [6.07, 6.45) is 0.641. The van der Waals surface area contributed by atoms with E-state index >= 15 is 0 Å². The van der Waals surface area contributed by atoms with Crippen LogP contribution in [0.3, 0.4) is 0 Å². The van der Waals surface area contributed by atoms with E-state index in [0.717, 1.165) is 0 Å². The third-order valence-electron chi connectivity index (χ3n) is 5.89. The van der Waals surface area contributed by atoms with Gasteiger partial charge in [0.1, 0.15) is 13.2 Å². The Hall–Kier alpha value is -3.65. The van der Waals surface area contributed by atoms with Crippen molar-refractivity contribution in [3.8, 4) is 17.2 Å². The first-order valence-electron chi connectivity index (χ1n) is 10.9. The molecule has 3 heterocycles. The molecule has 1 aromatic heterocycles. The molecule has 1 amide bonds. The second-order valence-corrected chi connectivity index (χ2v) is 8.47. The van der Waals surface area contributed by atoms with Crippen LogP contribution in [0.1, 0.15) is 35.5 Å². The molecule has 1 N–H and O–H groups in total. The van der Waals surface area contributed by atoms with E-state index in [1.165, 1.54) is 18.1 Å². The summed E-state index contributed by atoms with van der Waals surface area (Å²) in [5, 5.41) is 11.8. The van der Waals surface area contributed by atoms with Crippen LogP contribution in [0.5, 0.6) is 17.2 Å². The number of carbonyl (C=O) groups excluding carboxylic acids is 2. The van der Waals surface area contributed by atoms with Crippen LogP contribution in [-0.4, -0.2) is 48.6 Å². The highest BCUT2D eigenvalue weighted by Crippen LogP contribution is 2.43. The van der Waals surface area contributed by atoms with Crippen molar-refractivity contribution in [1.29, 1.82) is 0 Å².